The fourth-order valence-electron chi connectivity index (χ4n) is 1.93. The van der Waals surface area contributed by atoms with Crippen molar-refractivity contribution in [2.75, 3.05) is 0 Å². The van der Waals surface area contributed by atoms with Crippen LogP contribution in [0.3, 0.4) is 0 Å². The number of carboxylic acids is 1. The average molecular weight is 274 g/mol. The third-order valence-corrected chi connectivity index (χ3v) is 2.99. The van der Waals surface area contributed by atoms with E-state index < -0.39 is 5.97 Å². The molecule has 1 N–H and O–H groups in total. The predicted molar refractivity (Wildman–Crippen MR) is 70.8 cm³/mol. The van der Waals surface area contributed by atoms with E-state index in [2.05, 4.69) is 10.3 Å². The highest BCUT2D eigenvalue weighted by atomic mass is 35.5. The van der Waals surface area contributed by atoms with Gasteiger partial charge in [-0.3, -0.25) is 0 Å². The van der Waals surface area contributed by atoms with Crippen molar-refractivity contribution in [1.29, 1.82) is 0 Å². The molecule has 19 heavy (non-hydrogen) atoms. The zero-order valence-electron chi connectivity index (χ0n) is 9.62. The highest BCUT2D eigenvalue weighted by Gasteiger charge is 2.15. The number of para-hydroxylation sites is 1. The lowest BCUT2D eigenvalue weighted by molar-refractivity contribution is 0.0698. The van der Waals surface area contributed by atoms with Crippen molar-refractivity contribution in [2.45, 2.75) is 0 Å². The minimum Gasteiger partial charge on any atom is -0.478 e. The number of nitrogens with zero attached hydrogens (tertiary/aromatic N) is 3. The number of carbonyl (C=O) groups is 1. The van der Waals surface area contributed by atoms with E-state index in [1.54, 1.807) is 36.4 Å². The van der Waals surface area contributed by atoms with Crippen molar-refractivity contribution in [3.63, 3.8) is 0 Å². The summed E-state index contributed by atoms with van der Waals surface area (Å²) in [5, 5.41) is 17.8. The van der Waals surface area contributed by atoms with Gasteiger partial charge in [0.05, 0.1) is 11.3 Å². The zero-order valence-corrected chi connectivity index (χ0v) is 10.4. The molecule has 0 radical (unpaired) electrons. The Morgan fingerprint density at radius 2 is 2.00 bits per heavy atom. The quantitative estimate of drug-likeness (QED) is 0.779. The predicted octanol–water partition coefficient (Wildman–Crippen LogP) is 2.77. The van der Waals surface area contributed by atoms with E-state index in [0.29, 0.717) is 21.7 Å². The molecular weight excluding hydrogens is 266 g/mol. The van der Waals surface area contributed by atoms with Crippen molar-refractivity contribution < 1.29 is 9.90 Å². The van der Waals surface area contributed by atoms with Crippen molar-refractivity contribution in [1.82, 2.24) is 15.0 Å². The molecule has 1 heterocycles. The molecule has 0 amide bonds. The van der Waals surface area contributed by atoms with Crippen LogP contribution in [-0.2, 0) is 0 Å². The maximum Gasteiger partial charge on any atom is 0.337 e. The van der Waals surface area contributed by atoms with Gasteiger partial charge in [-0.1, -0.05) is 28.9 Å². The Hall–Kier alpha value is -2.40. The van der Waals surface area contributed by atoms with Crippen molar-refractivity contribution in [2.24, 2.45) is 0 Å². The van der Waals surface area contributed by atoms with Crippen LogP contribution in [0.5, 0.6) is 0 Å². The van der Waals surface area contributed by atoms with Gasteiger partial charge in [0.2, 0.25) is 0 Å². The standard InChI is InChI=1S/C13H8ClN3O2/c14-8-3-1-4-9(7-8)17-12-10(13(18)19)5-2-6-11(12)15-16-17/h1-7H,(H,18,19). The van der Waals surface area contributed by atoms with E-state index in [1.807, 2.05) is 0 Å². The van der Waals surface area contributed by atoms with Crippen LogP contribution in [-0.4, -0.2) is 26.1 Å². The molecule has 94 valence electrons. The van der Waals surface area contributed by atoms with E-state index in [9.17, 15) is 9.90 Å². The number of aromatic nitrogens is 3. The smallest absolute Gasteiger partial charge is 0.337 e. The minimum atomic E-state index is -1.02. The van der Waals surface area contributed by atoms with Crippen molar-refractivity contribution in [3.05, 3.63) is 53.1 Å². The molecule has 0 saturated heterocycles. The second-order valence-corrected chi connectivity index (χ2v) is 4.40. The lowest BCUT2D eigenvalue weighted by Crippen LogP contribution is -2.03. The molecule has 3 aromatic rings. The number of rotatable bonds is 2. The summed E-state index contributed by atoms with van der Waals surface area (Å²) >= 11 is 5.94. The van der Waals surface area contributed by atoms with Crippen LogP contribution in [0.4, 0.5) is 0 Å². The number of hydrogen-bond acceptors (Lipinski definition) is 3. The first-order valence-electron chi connectivity index (χ1n) is 5.50. The van der Waals surface area contributed by atoms with E-state index in [0.717, 1.165) is 0 Å². The van der Waals surface area contributed by atoms with Crippen molar-refractivity contribution >= 4 is 28.6 Å². The first-order chi connectivity index (χ1) is 9.16. The molecule has 0 aliphatic rings. The Bertz CT molecular complexity index is 782. The summed E-state index contributed by atoms with van der Waals surface area (Å²) < 4.78 is 1.48. The molecule has 0 fully saturated rings. The van der Waals surface area contributed by atoms with Gasteiger partial charge < -0.3 is 5.11 Å². The fraction of sp³-hybridized carbons (Fsp3) is 0. The Balaban J connectivity index is 2.33. The van der Waals surface area contributed by atoms with Crippen molar-refractivity contribution in [3.8, 4) is 5.69 Å². The molecule has 1 aromatic heterocycles. The van der Waals surface area contributed by atoms with Gasteiger partial charge in [-0.25, -0.2) is 9.48 Å². The topological polar surface area (TPSA) is 68.0 Å². The van der Waals surface area contributed by atoms with Crippen LogP contribution in [0.25, 0.3) is 16.7 Å². The minimum absolute atomic E-state index is 0.155. The lowest BCUT2D eigenvalue weighted by atomic mass is 10.2. The molecule has 3 rings (SSSR count). The summed E-state index contributed by atoms with van der Waals surface area (Å²) in [5.74, 6) is -1.02. The molecule has 5 nitrogen and oxygen atoms in total. The van der Waals surface area contributed by atoms with E-state index in [-0.39, 0.29) is 5.56 Å². The van der Waals surface area contributed by atoms with Gasteiger partial charge >= 0.3 is 5.97 Å². The normalized spacial score (nSPS) is 10.8. The maximum atomic E-state index is 11.3. The maximum absolute atomic E-state index is 11.3. The van der Waals surface area contributed by atoms with Gasteiger partial charge in [0, 0.05) is 5.02 Å². The van der Waals surface area contributed by atoms with Crippen LogP contribution in [0.2, 0.25) is 5.02 Å². The highest BCUT2D eigenvalue weighted by Crippen LogP contribution is 2.22. The van der Waals surface area contributed by atoms with Crippen LogP contribution in [0.1, 0.15) is 10.4 Å². The third-order valence-electron chi connectivity index (χ3n) is 2.75. The van der Waals surface area contributed by atoms with Crippen LogP contribution >= 0.6 is 11.6 Å². The Labute approximate surface area is 113 Å². The van der Waals surface area contributed by atoms with E-state index in [4.69, 9.17) is 11.6 Å². The molecule has 0 bridgehead atoms. The summed E-state index contributed by atoms with van der Waals surface area (Å²) in [7, 11) is 0. The molecule has 2 aromatic carbocycles. The summed E-state index contributed by atoms with van der Waals surface area (Å²) in [6.45, 7) is 0. The summed E-state index contributed by atoms with van der Waals surface area (Å²) in [6.07, 6.45) is 0. The zero-order chi connectivity index (χ0) is 13.4. The number of carboxylic acid groups (broad SMARTS) is 1. The first kappa shape index (κ1) is 11.7. The molecule has 0 aliphatic heterocycles. The molecule has 0 aliphatic carbocycles. The Kier molecular flexibility index (Phi) is 2.68. The summed E-state index contributed by atoms with van der Waals surface area (Å²) in [4.78, 5) is 11.3. The number of aromatic carboxylic acids is 1. The molecule has 0 spiro atoms. The van der Waals surface area contributed by atoms with Gasteiger partial charge in [-0.05, 0) is 30.3 Å². The van der Waals surface area contributed by atoms with Gasteiger partial charge in [0.25, 0.3) is 0 Å². The monoisotopic (exact) mass is 273 g/mol. The summed E-state index contributed by atoms with van der Waals surface area (Å²) in [6, 6.07) is 11.9. The van der Waals surface area contributed by atoms with E-state index >= 15 is 0 Å². The molecule has 0 saturated carbocycles. The third kappa shape index (κ3) is 1.94. The van der Waals surface area contributed by atoms with Gasteiger partial charge in [0.1, 0.15) is 11.0 Å². The van der Waals surface area contributed by atoms with Gasteiger partial charge in [0.15, 0.2) is 0 Å². The second kappa shape index (κ2) is 4.37. The van der Waals surface area contributed by atoms with Gasteiger partial charge in [-0.2, -0.15) is 0 Å². The molecule has 6 heteroatoms. The Morgan fingerprint density at radius 3 is 2.74 bits per heavy atom. The number of hydrogen-bond donors (Lipinski definition) is 1. The van der Waals surface area contributed by atoms with Gasteiger partial charge in [-0.15, -0.1) is 5.10 Å². The SMILES string of the molecule is O=C(O)c1cccc2nnn(-c3cccc(Cl)c3)c12. The number of benzene rings is 2. The Morgan fingerprint density at radius 1 is 1.21 bits per heavy atom. The summed E-state index contributed by atoms with van der Waals surface area (Å²) in [5.41, 5.74) is 1.81. The number of fused-ring (bicyclic) bond motifs is 1. The molecule has 0 unspecified atom stereocenters. The largest absolute Gasteiger partial charge is 0.478 e. The second-order valence-electron chi connectivity index (χ2n) is 3.96. The van der Waals surface area contributed by atoms with Crippen LogP contribution < -0.4 is 0 Å². The fourth-order valence-corrected chi connectivity index (χ4v) is 2.12. The average Bonchev–Trinajstić information content (AvgIpc) is 2.82. The van der Waals surface area contributed by atoms with Crippen LogP contribution in [0, 0.1) is 0 Å². The molecule has 0 atom stereocenters. The van der Waals surface area contributed by atoms with Crippen LogP contribution in [0.15, 0.2) is 42.5 Å². The van der Waals surface area contributed by atoms with E-state index in [1.165, 1.54) is 10.7 Å². The highest BCUT2D eigenvalue weighted by molar-refractivity contribution is 6.30. The molecular formula is C13H8ClN3O2. The first-order valence-corrected chi connectivity index (χ1v) is 5.88. The lowest BCUT2D eigenvalue weighted by Gasteiger charge is -2.04. The number of halogens is 1.